The predicted octanol–water partition coefficient (Wildman–Crippen LogP) is 0.681. The summed E-state index contributed by atoms with van der Waals surface area (Å²) in [7, 11) is 0. The van der Waals surface area contributed by atoms with Gasteiger partial charge in [0, 0.05) is 13.0 Å². The van der Waals surface area contributed by atoms with Crippen LogP contribution < -0.4 is 10.6 Å². The molecule has 0 aliphatic heterocycles. The van der Waals surface area contributed by atoms with E-state index >= 15 is 0 Å². The van der Waals surface area contributed by atoms with Crippen molar-refractivity contribution in [1.29, 1.82) is 0 Å². The monoisotopic (exact) mass is 248 g/mol. The summed E-state index contributed by atoms with van der Waals surface area (Å²) in [5, 5.41) is 5.92. The number of aromatic nitrogens is 4. The largest absolute Gasteiger partial charge is 0.340 e. The number of fused-ring (bicyclic) bond motifs is 1. The minimum Gasteiger partial charge on any atom is -0.340 e. The molecule has 7 nitrogen and oxygen atoms in total. The highest BCUT2D eigenvalue weighted by Crippen LogP contribution is 2.14. The van der Waals surface area contributed by atoms with Crippen LogP contribution in [0, 0.1) is 0 Å². The van der Waals surface area contributed by atoms with Gasteiger partial charge in [-0.2, -0.15) is 0 Å². The number of hydrogen-bond acceptors (Lipinski definition) is 5. The Balaban J connectivity index is 1.92. The molecule has 0 saturated heterocycles. The first kappa shape index (κ1) is 12.4. The van der Waals surface area contributed by atoms with Gasteiger partial charge in [-0.15, -0.1) is 0 Å². The molecule has 2 rings (SSSR count). The van der Waals surface area contributed by atoms with Crippen molar-refractivity contribution in [1.82, 2.24) is 25.3 Å². The summed E-state index contributed by atoms with van der Waals surface area (Å²) in [6.45, 7) is 3.67. The maximum atomic E-state index is 11.7. The second kappa shape index (κ2) is 6.06. The zero-order chi connectivity index (χ0) is 12.8. The zero-order valence-corrected chi connectivity index (χ0v) is 10.2. The molecule has 0 aliphatic rings. The molecule has 0 aromatic carbocycles. The second-order valence-electron chi connectivity index (χ2n) is 3.87. The van der Waals surface area contributed by atoms with Crippen LogP contribution in [-0.2, 0) is 4.79 Å². The maximum Gasteiger partial charge on any atom is 0.226 e. The standard InChI is InChI=1S/C11H16N6O/c1-2-4-12-5-3-8(18)17-11-9-10(14-6-13-9)15-7-16-11/h6-7,12H,2-5H2,1H3,(H2,13,14,15,16,17,18). The molecule has 0 spiro atoms. The number of anilines is 1. The number of rotatable bonds is 6. The third-order valence-corrected chi connectivity index (χ3v) is 2.44. The van der Waals surface area contributed by atoms with Crippen LogP contribution in [0.5, 0.6) is 0 Å². The molecule has 0 fully saturated rings. The Morgan fingerprint density at radius 3 is 3.06 bits per heavy atom. The highest BCUT2D eigenvalue weighted by molar-refractivity contribution is 5.96. The van der Waals surface area contributed by atoms with Crippen molar-refractivity contribution in [3.63, 3.8) is 0 Å². The fourth-order valence-corrected chi connectivity index (χ4v) is 1.56. The fourth-order valence-electron chi connectivity index (χ4n) is 1.56. The first-order valence-electron chi connectivity index (χ1n) is 5.96. The van der Waals surface area contributed by atoms with E-state index in [9.17, 15) is 4.79 Å². The first-order valence-corrected chi connectivity index (χ1v) is 5.96. The Hall–Kier alpha value is -2.02. The Morgan fingerprint density at radius 2 is 2.22 bits per heavy atom. The lowest BCUT2D eigenvalue weighted by Gasteiger charge is -2.05. The van der Waals surface area contributed by atoms with Gasteiger partial charge < -0.3 is 15.6 Å². The van der Waals surface area contributed by atoms with Gasteiger partial charge in [-0.05, 0) is 13.0 Å². The van der Waals surface area contributed by atoms with E-state index in [4.69, 9.17) is 0 Å². The van der Waals surface area contributed by atoms with E-state index in [-0.39, 0.29) is 5.91 Å². The maximum absolute atomic E-state index is 11.7. The van der Waals surface area contributed by atoms with Crippen molar-refractivity contribution in [3.05, 3.63) is 12.7 Å². The molecule has 2 aromatic heterocycles. The van der Waals surface area contributed by atoms with Crippen LogP contribution in [0.1, 0.15) is 19.8 Å². The van der Waals surface area contributed by atoms with Crippen LogP contribution >= 0.6 is 0 Å². The molecular formula is C11H16N6O. The molecule has 0 radical (unpaired) electrons. The number of carbonyl (C=O) groups is 1. The molecule has 0 unspecified atom stereocenters. The van der Waals surface area contributed by atoms with Crippen LogP contribution in [0.2, 0.25) is 0 Å². The average molecular weight is 248 g/mol. The van der Waals surface area contributed by atoms with Crippen molar-refractivity contribution < 1.29 is 4.79 Å². The number of amides is 1. The number of nitrogens with one attached hydrogen (secondary N) is 3. The molecule has 0 atom stereocenters. The van der Waals surface area contributed by atoms with E-state index in [1.807, 2.05) is 0 Å². The van der Waals surface area contributed by atoms with Crippen LogP contribution in [0.3, 0.4) is 0 Å². The number of nitrogens with zero attached hydrogens (tertiary/aromatic N) is 3. The van der Waals surface area contributed by atoms with Gasteiger partial charge in [0.15, 0.2) is 11.5 Å². The molecule has 0 saturated carbocycles. The molecule has 18 heavy (non-hydrogen) atoms. The van der Waals surface area contributed by atoms with Gasteiger partial charge >= 0.3 is 0 Å². The minimum absolute atomic E-state index is 0.0757. The summed E-state index contributed by atoms with van der Waals surface area (Å²) in [6, 6.07) is 0. The van der Waals surface area contributed by atoms with Gasteiger partial charge in [0.05, 0.1) is 6.33 Å². The average Bonchev–Trinajstić information content (AvgIpc) is 2.84. The summed E-state index contributed by atoms with van der Waals surface area (Å²) in [4.78, 5) is 26.6. The Labute approximate surface area is 104 Å². The second-order valence-corrected chi connectivity index (χ2v) is 3.87. The normalized spacial score (nSPS) is 10.7. The van der Waals surface area contributed by atoms with Crippen molar-refractivity contribution in [2.24, 2.45) is 0 Å². The molecule has 1 amide bonds. The lowest BCUT2D eigenvalue weighted by Crippen LogP contribution is -2.22. The fraction of sp³-hybridized carbons (Fsp3) is 0.455. The van der Waals surface area contributed by atoms with E-state index in [2.05, 4.69) is 37.5 Å². The van der Waals surface area contributed by atoms with Crippen LogP contribution in [-0.4, -0.2) is 38.9 Å². The molecule has 0 bridgehead atoms. The third kappa shape index (κ3) is 3.01. The summed E-state index contributed by atoms with van der Waals surface area (Å²) in [6.07, 6.45) is 4.38. The molecular weight excluding hydrogens is 232 g/mol. The van der Waals surface area contributed by atoms with Gasteiger partial charge in [0.25, 0.3) is 0 Å². The van der Waals surface area contributed by atoms with Crippen molar-refractivity contribution in [3.8, 4) is 0 Å². The third-order valence-electron chi connectivity index (χ3n) is 2.44. The molecule has 96 valence electrons. The van der Waals surface area contributed by atoms with Gasteiger partial charge in [-0.3, -0.25) is 4.79 Å². The minimum atomic E-state index is -0.0757. The molecule has 2 heterocycles. The first-order chi connectivity index (χ1) is 8.81. The Kier molecular flexibility index (Phi) is 4.19. The van der Waals surface area contributed by atoms with Crippen LogP contribution in [0.4, 0.5) is 5.82 Å². The van der Waals surface area contributed by atoms with E-state index < -0.39 is 0 Å². The van der Waals surface area contributed by atoms with E-state index in [1.165, 1.54) is 12.7 Å². The lowest BCUT2D eigenvalue weighted by molar-refractivity contribution is -0.116. The van der Waals surface area contributed by atoms with Crippen molar-refractivity contribution in [2.75, 3.05) is 18.4 Å². The van der Waals surface area contributed by atoms with Gasteiger partial charge in [0.2, 0.25) is 5.91 Å². The predicted molar refractivity (Wildman–Crippen MR) is 68.1 cm³/mol. The summed E-state index contributed by atoms with van der Waals surface area (Å²) in [5.74, 6) is 0.395. The molecule has 7 heteroatoms. The van der Waals surface area contributed by atoms with Crippen LogP contribution in [0.15, 0.2) is 12.7 Å². The summed E-state index contributed by atoms with van der Waals surface area (Å²) < 4.78 is 0. The zero-order valence-electron chi connectivity index (χ0n) is 10.2. The van der Waals surface area contributed by atoms with Crippen molar-refractivity contribution in [2.45, 2.75) is 19.8 Å². The number of hydrogen-bond donors (Lipinski definition) is 3. The smallest absolute Gasteiger partial charge is 0.226 e. The lowest BCUT2D eigenvalue weighted by atomic mass is 10.3. The topological polar surface area (TPSA) is 95.6 Å². The van der Waals surface area contributed by atoms with E-state index in [1.54, 1.807) is 0 Å². The summed E-state index contributed by atoms with van der Waals surface area (Å²) in [5.41, 5.74) is 1.19. The quantitative estimate of drug-likeness (QED) is 0.653. The van der Waals surface area contributed by atoms with Gasteiger partial charge in [-0.25, -0.2) is 15.0 Å². The molecule has 0 aliphatic carbocycles. The SMILES string of the molecule is CCCNCCC(=O)Nc1ncnc2nc[nH]c12. The number of aromatic amines is 1. The van der Waals surface area contributed by atoms with E-state index in [0.717, 1.165) is 13.0 Å². The number of imidazole rings is 1. The van der Waals surface area contributed by atoms with Crippen LogP contribution in [0.25, 0.3) is 11.2 Å². The van der Waals surface area contributed by atoms with Gasteiger partial charge in [-0.1, -0.05) is 6.92 Å². The van der Waals surface area contributed by atoms with Crippen molar-refractivity contribution >= 4 is 22.9 Å². The Morgan fingerprint density at radius 1 is 1.33 bits per heavy atom. The summed E-state index contributed by atoms with van der Waals surface area (Å²) >= 11 is 0. The highest BCUT2D eigenvalue weighted by Gasteiger charge is 2.08. The Bertz CT molecular complexity index is 523. The van der Waals surface area contributed by atoms with Gasteiger partial charge in [0.1, 0.15) is 11.8 Å². The number of carbonyl (C=O) groups excluding carboxylic acids is 1. The number of H-pyrrole nitrogens is 1. The molecule has 3 N–H and O–H groups in total. The van der Waals surface area contributed by atoms with E-state index in [0.29, 0.717) is 29.9 Å². The highest BCUT2D eigenvalue weighted by atomic mass is 16.1. The molecule has 2 aromatic rings.